The normalized spacial score (nSPS) is 13.3. The summed E-state index contributed by atoms with van der Waals surface area (Å²) in [6.07, 6.45) is 2.23. The van der Waals surface area contributed by atoms with Crippen LogP contribution in [0, 0.1) is 13.8 Å². The lowest BCUT2D eigenvalue weighted by Crippen LogP contribution is -2.34. The molecule has 1 aromatic heterocycles. The Morgan fingerprint density at radius 1 is 1.10 bits per heavy atom. The second-order valence-corrected chi connectivity index (χ2v) is 8.72. The topological polar surface area (TPSA) is 60.3 Å². The number of aromatic nitrogens is 3. The van der Waals surface area contributed by atoms with Crippen LogP contribution in [0.5, 0.6) is 5.75 Å². The van der Waals surface area contributed by atoms with E-state index in [1.54, 1.807) is 0 Å². The van der Waals surface area contributed by atoms with Crippen molar-refractivity contribution in [3.8, 4) is 11.4 Å². The standard InChI is InChI=1S/C24H28N4O2S/c1-4-27(19-13-14-19)22(29)16-31-24-26-25-21(28(24)20-11-6-5-7-12-20)15-30-23-17(2)9-8-10-18(23)3/h5-12,19H,4,13-16H2,1-3H3. The molecule has 1 aliphatic carbocycles. The molecule has 1 amide bonds. The Morgan fingerprint density at radius 2 is 1.81 bits per heavy atom. The zero-order valence-electron chi connectivity index (χ0n) is 18.2. The fraction of sp³-hybridized carbons (Fsp3) is 0.375. The van der Waals surface area contributed by atoms with Crippen molar-refractivity contribution in [2.45, 2.75) is 51.4 Å². The smallest absolute Gasteiger partial charge is 0.233 e. The van der Waals surface area contributed by atoms with Crippen LogP contribution in [0.4, 0.5) is 0 Å². The fourth-order valence-electron chi connectivity index (χ4n) is 3.72. The number of aryl methyl sites for hydroxylation is 2. The van der Waals surface area contributed by atoms with E-state index in [-0.39, 0.29) is 5.91 Å². The molecule has 1 aliphatic rings. The highest BCUT2D eigenvalue weighted by Crippen LogP contribution is 2.29. The van der Waals surface area contributed by atoms with E-state index in [4.69, 9.17) is 4.74 Å². The average molecular weight is 437 g/mol. The van der Waals surface area contributed by atoms with Gasteiger partial charge in [0.15, 0.2) is 11.0 Å². The lowest BCUT2D eigenvalue weighted by Gasteiger charge is -2.20. The van der Waals surface area contributed by atoms with Crippen molar-refractivity contribution in [1.82, 2.24) is 19.7 Å². The maximum atomic E-state index is 12.7. The first-order valence-corrected chi connectivity index (χ1v) is 11.7. The second-order valence-electron chi connectivity index (χ2n) is 7.78. The number of rotatable bonds is 9. The van der Waals surface area contributed by atoms with E-state index < -0.39 is 0 Å². The van der Waals surface area contributed by atoms with E-state index in [0.29, 0.717) is 29.4 Å². The lowest BCUT2D eigenvalue weighted by atomic mass is 10.1. The van der Waals surface area contributed by atoms with Crippen LogP contribution in [0.25, 0.3) is 5.69 Å². The quantitative estimate of drug-likeness (QED) is 0.460. The number of thioether (sulfide) groups is 1. The highest BCUT2D eigenvalue weighted by Gasteiger charge is 2.31. The van der Waals surface area contributed by atoms with E-state index in [2.05, 4.69) is 10.2 Å². The van der Waals surface area contributed by atoms with Crippen molar-refractivity contribution in [3.63, 3.8) is 0 Å². The first-order valence-electron chi connectivity index (χ1n) is 10.7. The van der Waals surface area contributed by atoms with Gasteiger partial charge in [-0.05, 0) is 56.9 Å². The maximum absolute atomic E-state index is 12.7. The van der Waals surface area contributed by atoms with Crippen molar-refractivity contribution in [1.29, 1.82) is 0 Å². The molecule has 0 bridgehead atoms. The van der Waals surface area contributed by atoms with Gasteiger partial charge in [0.05, 0.1) is 5.75 Å². The molecule has 0 radical (unpaired) electrons. The maximum Gasteiger partial charge on any atom is 0.233 e. The predicted molar refractivity (Wildman–Crippen MR) is 123 cm³/mol. The summed E-state index contributed by atoms with van der Waals surface area (Å²) >= 11 is 1.43. The molecule has 162 valence electrons. The average Bonchev–Trinajstić information content (AvgIpc) is 3.52. The van der Waals surface area contributed by atoms with Crippen molar-refractivity contribution in [2.24, 2.45) is 0 Å². The van der Waals surface area contributed by atoms with Crippen LogP contribution >= 0.6 is 11.8 Å². The number of para-hydroxylation sites is 2. The Balaban J connectivity index is 1.55. The van der Waals surface area contributed by atoms with Crippen molar-refractivity contribution >= 4 is 17.7 Å². The lowest BCUT2D eigenvalue weighted by molar-refractivity contribution is -0.128. The number of carbonyl (C=O) groups excluding carboxylic acids is 1. The second kappa shape index (κ2) is 9.56. The summed E-state index contributed by atoms with van der Waals surface area (Å²) < 4.78 is 8.13. The van der Waals surface area contributed by atoms with Gasteiger partial charge < -0.3 is 9.64 Å². The van der Waals surface area contributed by atoms with Crippen LogP contribution < -0.4 is 4.74 Å². The number of benzene rings is 2. The minimum atomic E-state index is 0.158. The summed E-state index contributed by atoms with van der Waals surface area (Å²) in [7, 11) is 0. The highest BCUT2D eigenvalue weighted by atomic mass is 32.2. The van der Waals surface area contributed by atoms with E-state index in [1.807, 2.05) is 78.8 Å². The van der Waals surface area contributed by atoms with Gasteiger partial charge in [0, 0.05) is 18.3 Å². The number of nitrogens with zero attached hydrogens (tertiary/aromatic N) is 4. The molecule has 0 spiro atoms. The summed E-state index contributed by atoms with van der Waals surface area (Å²) in [4.78, 5) is 14.7. The minimum Gasteiger partial charge on any atom is -0.485 e. The molecule has 31 heavy (non-hydrogen) atoms. The number of hydrogen-bond acceptors (Lipinski definition) is 5. The third-order valence-corrected chi connectivity index (χ3v) is 6.36. The fourth-order valence-corrected chi connectivity index (χ4v) is 4.58. The highest BCUT2D eigenvalue weighted by molar-refractivity contribution is 7.99. The van der Waals surface area contributed by atoms with Crippen molar-refractivity contribution in [3.05, 3.63) is 65.5 Å². The third-order valence-electron chi connectivity index (χ3n) is 5.44. The molecule has 1 fully saturated rings. The summed E-state index contributed by atoms with van der Waals surface area (Å²) in [6, 6.07) is 16.5. The van der Waals surface area contributed by atoms with Crippen LogP contribution in [0.3, 0.4) is 0 Å². The van der Waals surface area contributed by atoms with Crippen LogP contribution in [-0.4, -0.2) is 43.9 Å². The van der Waals surface area contributed by atoms with Crippen LogP contribution in [-0.2, 0) is 11.4 Å². The van der Waals surface area contributed by atoms with Gasteiger partial charge in [0.1, 0.15) is 12.4 Å². The molecule has 0 saturated heterocycles. The number of carbonyl (C=O) groups is 1. The van der Waals surface area contributed by atoms with Crippen LogP contribution in [0.15, 0.2) is 53.7 Å². The summed E-state index contributed by atoms with van der Waals surface area (Å²) in [5, 5.41) is 9.49. The zero-order chi connectivity index (χ0) is 21.8. The molecular formula is C24H28N4O2S. The molecule has 0 N–H and O–H groups in total. The number of ether oxygens (including phenoxy) is 1. The van der Waals surface area contributed by atoms with Gasteiger partial charge >= 0.3 is 0 Å². The molecule has 1 saturated carbocycles. The van der Waals surface area contributed by atoms with Crippen LogP contribution in [0.2, 0.25) is 0 Å². The molecule has 2 aromatic carbocycles. The molecule has 1 heterocycles. The molecule has 3 aromatic rings. The number of amides is 1. The Hall–Kier alpha value is -2.80. The van der Waals surface area contributed by atoms with Gasteiger partial charge in [-0.3, -0.25) is 9.36 Å². The van der Waals surface area contributed by atoms with Crippen LogP contribution in [0.1, 0.15) is 36.7 Å². The SMILES string of the molecule is CCN(C(=O)CSc1nnc(COc2c(C)cccc2C)n1-c1ccccc1)C1CC1. The number of hydrogen-bond donors (Lipinski definition) is 0. The third kappa shape index (κ3) is 4.93. The van der Waals surface area contributed by atoms with E-state index >= 15 is 0 Å². The van der Waals surface area contributed by atoms with Crippen molar-refractivity contribution < 1.29 is 9.53 Å². The Kier molecular flexibility index (Phi) is 6.61. The Labute approximate surface area is 187 Å². The molecule has 0 unspecified atom stereocenters. The molecule has 7 heteroatoms. The molecule has 4 rings (SSSR count). The Bertz CT molecular complexity index is 1030. The van der Waals surface area contributed by atoms with Gasteiger partial charge in [-0.2, -0.15) is 0 Å². The minimum absolute atomic E-state index is 0.158. The molecular weight excluding hydrogens is 408 g/mol. The van der Waals surface area contributed by atoms with Crippen molar-refractivity contribution in [2.75, 3.05) is 12.3 Å². The van der Waals surface area contributed by atoms with Gasteiger partial charge in [-0.1, -0.05) is 48.2 Å². The molecule has 0 aliphatic heterocycles. The van der Waals surface area contributed by atoms with Gasteiger partial charge in [0.2, 0.25) is 5.91 Å². The van der Waals surface area contributed by atoms with Gasteiger partial charge in [-0.15, -0.1) is 10.2 Å². The first-order chi connectivity index (χ1) is 15.1. The molecule has 6 nitrogen and oxygen atoms in total. The summed E-state index contributed by atoms with van der Waals surface area (Å²) in [6.45, 7) is 7.17. The Morgan fingerprint density at radius 3 is 2.45 bits per heavy atom. The predicted octanol–water partition coefficient (Wildman–Crippen LogP) is 4.57. The van der Waals surface area contributed by atoms with Gasteiger partial charge in [-0.25, -0.2) is 0 Å². The van der Waals surface area contributed by atoms with Gasteiger partial charge in [0.25, 0.3) is 0 Å². The zero-order valence-corrected chi connectivity index (χ0v) is 19.1. The monoisotopic (exact) mass is 436 g/mol. The van der Waals surface area contributed by atoms with E-state index in [0.717, 1.165) is 42.0 Å². The largest absolute Gasteiger partial charge is 0.485 e. The first kappa shape index (κ1) is 21.4. The van der Waals surface area contributed by atoms with E-state index in [9.17, 15) is 4.79 Å². The molecule has 0 atom stereocenters. The summed E-state index contributed by atoms with van der Waals surface area (Å²) in [5.41, 5.74) is 3.13. The van der Waals surface area contributed by atoms with E-state index in [1.165, 1.54) is 11.8 Å². The summed E-state index contributed by atoms with van der Waals surface area (Å²) in [5.74, 6) is 2.09.